The number of allylic oxidation sites excluding steroid dienone is 3. The van der Waals surface area contributed by atoms with Crippen LogP contribution in [0.1, 0.15) is 5.56 Å². The zero-order valence-electron chi connectivity index (χ0n) is 16.5. The van der Waals surface area contributed by atoms with Crippen LogP contribution in [-0.4, -0.2) is 18.1 Å². The van der Waals surface area contributed by atoms with E-state index in [4.69, 9.17) is 14.8 Å². The summed E-state index contributed by atoms with van der Waals surface area (Å²) in [4.78, 5) is 13.0. The highest BCUT2D eigenvalue weighted by molar-refractivity contribution is 5.97. The largest absolute Gasteiger partial charge is 0.477 e. The van der Waals surface area contributed by atoms with Crippen molar-refractivity contribution in [3.05, 3.63) is 96.8 Å². The fourth-order valence-electron chi connectivity index (χ4n) is 3.02. The molecule has 0 unspecified atom stereocenters. The lowest BCUT2D eigenvalue weighted by Gasteiger charge is -2.20. The van der Waals surface area contributed by atoms with Crippen LogP contribution in [-0.2, 0) is 4.79 Å². The van der Waals surface area contributed by atoms with E-state index in [9.17, 15) is 4.79 Å². The number of aliphatic carboxylic acids is 1. The molecular formula is C25H20N2O3. The Kier molecular flexibility index (Phi) is 6.00. The summed E-state index contributed by atoms with van der Waals surface area (Å²) in [6, 6.07) is 16.8. The maximum Gasteiger partial charge on any atom is 0.346 e. The third-order valence-corrected chi connectivity index (χ3v) is 4.63. The van der Waals surface area contributed by atoms with Crippen LogP contribution in [0.3, 0.4) is 0 Å². The molecule has 0 aliphatic rings. The van der Waals surface area contributed by atoms with Gasteiger partial charge in [-0.15, -0.1) is 0 Å². The summed E-state index contributed by atoms with van der Waals surface area (Å²) in [5, 5.41) is 18.8. The number of anilines is 1. The van der Waals surface area contributed by atoms with Crippen molar-refractivity contribution in [3.8, 4) is 17.4 Å². The highest BCUT2D eigenvalue weighted by Crippen LogP contribution is 2.30. The van der Waals surface area contributed by atoms with Crippen molar-refractivity contribution in [1.29, 1.82) is 5.26 Å². The molecule has 0 amide bonds. The fraction of sp³-hybridized carbons (Fsp3) is 0.0400. The van der Waals surface area contributed by atoms with Crippen molar-refractivity contribution in [1.82, 2.24) is 0 Å². The Morgan fingerprint density at radius 2 is 1.90 bits per heavy atom. The number of rotatable bonds is 7. The van der Waals surface area contributed by atoms with Crippen LogP contribution in [0.4, 0.5) is 5.69 Å². The van der Waals surface area contributed by atoms with E-state index in [0.29, 0.717) is 16.9 Å². The Hall–Kier alpha value is -4.30. The van der Waals surface area contributed by atoms with E-state index in [1.165, 1.54) is 6.08 Å². The number of hydrogen-bond donors (Lipinski definition) is 1. The van der Waals surface area contributed by atoms with E-state index in [0.717, 1.165) is 22.3 Å². The summed E-state index contributed by atoms with van der Waals surface area (Å²) in [5.74, 6) is -0.560. The maximum atomic E-state index is 11.0. The predicted molar refractivity (Wildman–Crippen MR) is 120 cm³/mol. The number of carboxylic acids is 1. The van der Waals surface area contributed by atoms with Crippen LogP contribution in [0.5, 0.6) is 0 Å². The first-order valence-electron chi connectivity index (χ1n) is 9.15. The lowest BCUT2D eigenvalue weighted by atomic mass is 10.1. The summed E-state index contributed by atoms with van der Waals surface area (Å²) in [6.45, 7) is 7.55. The molecule has 148 valence electrons. The molecule has 3 rings (SSSR count). The SMILES string of the molecule is C=C/C=C(\C=C)N(C)c1ccc(-c2cc3ccc(/C=C(\C#N)C(=O)O)cc3o2)cc1. The van der Waals surface area contributed by atoms with Crippen LogP contribution in [0.15, 0.2) is 95.6 Å². The van der Waals surface area contributed by atoms with Gasteiger partial charge in [0, 0.05) is 29.4 Å². The molecule has 0 aliphatic heterocycles. The molecule has 1 aromatic heterocycles. The Bertz CT molecular complexity index is 1220. The molecule has 0 fully saturated rings. The molecule has 0 radical (unpaired) electrons. The summed E-state index contributed by atoms with van der Waals surface area (Å²) in [5.41, 5.74) is 3.71. The quantitative estimate of drug-likeness (QED) is 0.311. The molecule has 30 heavy (non-hydrogen) atoms. The van der Waals surface area contributed by atoms with Crippen LogP contribution in [0, 0.1) is 11.3 Å². The monoisotopic (exact) mass is 396 g/mol. The van der Waals surface area contributed by atoms with Crippen LogP contribution in [0.2, 0.25) is 0 Å². The molecule has 0 saturated carbocycles. The van der Waals surface area contributed by atoms with Gasteiger partial charge in [-0.1, -0.05) is 31.4 Å². The number of carboxylic acid groups (broad SMARTS) is 1. The zero-order valence-corrected chi connectivity index (χ0v) is 16.5. The standard InChI is InChI=1S/C25H20N2O3/c1-4-6-21(5-2)27(3)22-11-9-18(10-12-22)24-15-19-8-7-17(14-23(19)30-24)13-20(16-26)25(28)29/h4-15H,1-2H2,3H3,(H,28,29)/b20-13+,21-6+. The van der Waals surface area contributed by atoms with Gasteiger partial charge in [-0.25, -0.2) is 4.79 Å². The summed E-state index contributed by atoms with van der Waals surface area (Å²) in [6.07, 6.45) is 6.69. The fourth-order valence-corrected chi connectivity index (χ4v) is 3.02. The summed E-state index contributed by atoms with van der Waals surface area (Å²) in [7, 11) is 1.95. The van der Waals surface area contributed by atoms with Crippen molar-refractivity contribution in [2.24, 2.45) is 0 Å². The molecule has 5 heteroatoms. The molecule has 0 saturated heterocycles. The number of benzene rings is 2. The zero-order chi connectivity index (χ0) is 21.7. The first kappa shape index (κ1) is 20.4. The molecule has 5 nitrogen and oxygen atoms in total. The first-order valence-corrected chi connectivity index (χ1v) is 9.15. The summed E-state index contributed by atoms with van der Waals surface area (Å²) >= 11 is 0. The minimum absolute atomic E-state index is 0.328. The lowest BCUT2D eigenvalue weighted by Crippen LogP contribution is -2.14. The van der Waals surface area contributed by atoms with Gasteiger partial charge in [-0.3, -0.25) is 0 Å². The number of likely N-dealkylation sites (N-methyl/N-ethyl adjacent to an activating group) is 1. The number of nitrogens with zero attached hydrogens (tertiary/aromatic N) is 2. The molecule has 1 N–H and O–H groups in total. The Balaban J connectivity index is 1.91. The number of fused-ring (bicyclic) bond motifs is 1. The van der Waals surface area contributed by atoms with Gasteiger partial charge in [0.05, 0.1) is 0 Å². The van der Waals surface area contributed by atoms with E-state index >= 15 is 0 Å². The van der Waals surface area contributed by atoms with E-state index in [2.05, 4.69) is 13.2 Å². The van der Waals surface area contributed by atoms with Gasteiger partial charge >= 0.3 is 5.97 Å². The highest BCUT2D eigenvalue weighted by Gasteiger charge is 2.10. The van der Waals surface area contributed by atoms with Gasteiger partial charge in [-0.2, -0.15) is 5.26 Å². The number of furan rings is 1. The molecule has 1 heterocycles. The van der Waals surface area contributed by atoms with Crippen molar-refractivity contribution >= 4 is 28.7 Å². The summed E-state index contributed by atoms with van der Waals surface area (Å²) < 4.78 is 5.96. The lowest BCUT2D eigenvalue weighted by molar-refractivity contribution is -0.132. The number of carbonyl (C=O) groups is 1. The molecule has 0 spiro atoms. The van der Waals surface area contributed by atoms with E-state index in [-0.39, 0.29) is 5.57 Å². The average molecular weight is 396 g/mol. The second-order valence-corrected chi connectivity index (χ2v) is 6.52. The second-order valence-electron chi connectivity index (χ2n) is 6.52. The second kappa shape index (κ2) is 8.80. The maximum absolute atomic E-state index is 11.0. The normalized spacial score (nSPS) is 11.7. The highest BCUT2D eigenvalue weighted by atomic mass is 16.4. The molecule has 0 aliphatic carbocycles. The molecular weight excluding hydrogens is 376 g/mol. The predicted octanol–water partition coefficient (Wildman–Crippen LogP) is 5.78. The van der Waals surface area contributed by atoms with Gasteiger partial charge in [0.1, 0.15) is 23.0 Å². The molecule has 0 bridgehead atoms. The van der Waals surface area contributed by atoms with Gasteiger partial charge in [0.2, 0.25) is 0 Å². The van der Waals surface area contributed by atoms with Gasteiger partial charge < -0.3 is 14.4 Å². The third kappa shape index (κ3) is 4.23. The average Bonchev–Trinajstić information content (AvgIpc) is 3.18. The molecule has 0 atom stereocenters. The van der Waals surface area contributed by atoms with Gasteiger partial charge in [0.15, 0.2) is 0 Å². The van der Waals surface area contributed by atoms with Crippen molar-refractivity contribution in [2.45, 2.75) is 0 Å². The minimum Gasteiger partial charge on any atom is -0.477 e. The number of hydrogen-bond acceptors (Lipinski definition) is 4. The topological polar surface area (TPSA) is 77.5 Å². The Morgan fingerprint density at radius 3 is 2.50 bits per heavy atom. The molecule has 3 aromatic rings. The van der Waals surface area contributed by atoms with E-state index in [1.54, 1.807) is 30.4 Å². The first-order chi connectivity index (χ1) is 14.5. The van der Waals surface area contributed by atoms with Crippen molar-refractivity contribution in [3.63, 3.8) is 0 Å². The van der Waals surface area contributed by atoms with Gasteiger partial charge in [0.25, 0.3) is 0 Å². The van der Waals surface area contributed by atoms with Crippen molar-refractivity contribution in [2.75, 3.05) is 11.9 Å². The van der Waals surface area contributed by atoms with Crippen LogP contribution >= 0.6 is 0 Å². The van der Waals surface area contributed by atoms with Crippen molar-refractivity contribution < 1.29 is 14.3 Å². The van der Waals surface area contributed by atoms with Crippen LogP contribution < -0.4 is 4.90 Å². The Morgan fingerprint density at radius 1 is 1.17 bits per heavy atom. The van der Waals surface area contributed by atoms with Gasteiger partial charge in [-0.05, 0) is 60.2 Å². The molecule has 2 aromatic carbocycles. The third-order valence-electron chi connectivity index (χ3n) is 4.63. The van der Waals surface area contributed by atoms with Crippen LogP contribution in [0.25, 0.3) is 28.4 Å². The number of nitriles is 1. The Labute approximate surface area is 174 Å². The smallest absolute Gasteiger partial charge is 0.346 e. The minimum atomic E-state index is -1.26. The van der Waals surface area contributed by atoms with E-state index in [1.807, 2.05) is 54.4 Å². The van der Waals surface area contributed by atoms with E-state index < -0.39 is 5.97 Å².